The summed E-state index contributed by atoms with van der Waals surface area (Å²) in [7, 11) is 0. The monoisotopic (exact) mass is 310 g/mol. The molecule has 0 amide bonds. The SMILES string of the molecule is [Ba+2].[Ba+2].[OH-].[OH-]. The van der Waals surface area contributed by atoms with Crippen molar-refractivity contribution in [3.05, 3.63) is 0 Å². The van der Waals surface area contributed by atoms with Crippen LogP contribution in [-0.4, -0.2) is 109 Å². The molecule has 0 saturated carbocycles. The van der Waals surface area contributed by atoms with Gasteiger partial charge in [-0.25, -0.2) is 0 Å². The van der Waals surface area contributed by atoms with Gasteiger partial charge < -0.3 is 11.0 Å². The largest absolute Gasteiger partial charge is 2.00 e. The maximum Gasteiger partial charge on any atom is 2.00 e. The molecule has 0 rings (SSSR count). The summed E-state index contributed by atoms with van der Waals surface area (Å²) in [6.45, 7) is 0. The summed E-state index contributed by atoms with van der Waals surface area (Å²) < 4.78 is 0. The third-order valence-corrected chi connectivity index (χ3v) is 0. The van der Waals surface area contributed by atoms with Gasteiger partial charge in [-0.15, -0.1) is 0 Å². The van der Waals surface area contributed by atoms with Crippen LogP contribution in [0.3, 0.4) is 0 Å². The van der Waals surface area contributed by atoms with Gasteiger partial charge in [0.05, 0.1) is 0 Å². The summed E-state index contributed by atoms with van der Waals surface area (Å²) >= 11 is 0. The van der Waals surface area contributed by atoms with E-state index in [1.54, 1.807) is 0 Å². The fourth-order valence-corrected chi connectivity index (χ4v) is 0. The molecule has 0 bridgehead atoms. The maximum absolute atomic E-state index is 0. The maximum atomic E-state index is 0. The molecule has 0 heterocycles. The molecule has 0 aromatic rings. The third-order valence-electron chi connectivity index (χ3n) is 0. The van der Waals surface area contributed by atoms with E-state index in [-0.39, 0.29) is 109 Å². The van der Waals surface area contributed by atoms with Gasteiger partial charge in [0.15, 0.2) is 0 Å². The van der Waals surface area contributed by atoms with Crippen LogP contribution in [0.25, 0.3) is 0 Å². The van der Waals surface area contributed by atoms with Gasteiger partial charge in [-0.1, -0.05) is 0 Å². The van der Waals surface area contributed by atoms with E-state index in [1.165, 1.54) is 0 Å². The first kappa shape index (κ1) is 27.7. The average Bonchev–Trinajstić information content (AvgIpc) is 0. The molecule has 0 fully saturated rings. The summed E-state index contributed by atoms with van der Waals surface area (Å²) in [5, 5.41) is 0. The zero-order valence-electron chi connectivity index (χ0n) is 2.31. The summed E-state index contributed by atoms with van der Waals surface area (Å²) in [5.74, 6) is 0. The van der Waals surface area contributed by atoms with Crippen molar-refractivity contribution >= 4 is 97.8 Å². The van der Waals surface area contributed by atoms with Crippen LogP contribution in [0, 0.1) is 0 Å². The third kappa shape index (κ3) is 8.91. The number of rotatable bonds is 0. The predicted molar refractivity (Wildman–Crippen MR) is 15.4 cm³/mol. The Bertz CT molecular complexity index is 4.00. The van der Waals surface area contributed by atoms with Gasteiger partial charge in [0.25, 0.3) is 0 Å². The minimum Gasteiger partial charge on any atom is -0.870 e. The molecule has 2 nitrogen and oxygen atoms in total. The van der Waals surface area contributed by atoms with Crippen molar-refractivity contribution in [3.63, 3.8) is 0 Å². The van der Waals surface area contributed by atoms with E-state index in [4.69, 9.17) is 0 Å². The molecule has 0 radical (unpaired) electrons. The second-order valence-electron chi connectivity index (χ2n) is 0. The molecular formula is H2Ba2O2+2. The van der Waals surface area contributed by atoms with Crippen molar-refractivity contribution < 1.29 is 11.0 Å². The van der Waals surface area contributed by atoms with E-state index in [0.717, 1.165) is 0 Å². The van der Waals surface area contributed by atoms with Crippen molar-refractivity contribution in [1.29, 1.82) is 0 Å². The molecule has 2 N–H and O–H groups in total. The Morgan fingerprint density at radius 1 is 0.500 bits per heavy atom. The molecule has 0 saturated heterocycles. The molecule has 0 aromatic carbocycles. The van der Waals surface area contributed by atoms with Crippen LogP contribution >= 0.6 is 0 Å². The number of hydrogen-bond donors (Lipinski definition) is 0. The molecule has 0 aromatic heterocycles. The Morgan fingerprint density at radius 2 is 0.500 bits per heavy atom. The summed E-state index contributed by atoms with van der Waals surface area (Å²) in [6, 6.07) is 0. The van der Waals surface area contributed by atoms with Crippen LogP contribution in [0.5, 0.6) is 0 Å². The van der Waals surface area contributed by atoms with Crippen LogP contribution < -0.4 is 0 Å². The zero-order valence-corrected chi connectivity index (χ0v) is 11.2. The first-order valence-electron chi connectivity index (χ1n) is 0. The van der Waals surface area contributed by atoms with E-state index >= 15 is 0 Å². The Kier molecular flexibility index (Phi) is 115. The van der Waals surface area contributed by atoms with E-state index in [9.17, 15) is 0 Å². The van der Waals surface area contributed by atoms with E-state index < -0.39 is 0 Å². The molecule has 4 heavy (non-hydrogen) atoms. The molecule has 0 aliphatic heterocycles. The normalized spacial score (nSPS) is 0. The second kappa shape index (κ2) is 16.6. The Balaban J connectivity index is 0. The summed E-state index contributed by atoms with van der Waals surface area (Å²) in [5.41, 5.74) is 0. The van der Waals surface area contributed by atoms with Gasteiger partial charge in [-0.2, -0.15) is 0 Å². The second-order valence-corrected chi connectivity index (χ2v) is 0. The van der Waals surface area contributed by atoms with E-state index in [0.29, 0.717) is 0 Å². The molecule has 4 heteroatoms. The summed E-state index contributed by atoms with van der Waals surface area (Å²) in [4.78, 5) is 0. The minimum atomic E-state index is 0. The molecule has 0 unspecified atom stereocenters. The van der Waals surface area contributed by atoms with Crippen molar-refractivity contribution in [2.24, 2.45) is 0 Å². The van der Waals surface area contributed by atoms with Gasteiger partial charge in [-0.3, -0.25) is 0 Å². The van der Waals surface area contributed by atoms with Gasteiger partial charge in [0.1, 0.15) is 0 Å². The Labute approximate surface area is 105 Å². The van der Waals surface area contributed by atoms with Crippen LogP contribution in [0.15, 0.2) is 0 Å². The van der Waals surface area contributed by atoms with Gasteiger partial charge in [0, 0.05) is 0 Å². The van der Waals surface area contributed by atoms with E-state index in [1.807, 2.05) is 0 Å². The zero-order chi connectivity index (χ0) is 0. The standard InChI is InChI=1S/2Ba.2H2O/h;;2*1H2/q2*+2;;/p-2. The number of hydrogen-bond acceptors (Lipinski definition) is 2. The molecular weight excluding hydrogens is 307 g/mol. The Hall–Kier alpha value is 3.06. The smallest absolute Gasteiger partial charge is 0.870 e. The topological polar surface area (TPSA) is 60.0 Å². The van der Waals surface area contributed by atoms with Gasteiger partial charge >= 0.3 is 97.8 Å². The van der Waals surface area contributed by atoms with Crippen LogP contribution in [0.1, 0.15) is 0 Å². The van der Waals surface area contributed by atoms with Crippen LogP contribution in [0.4, 0.5) is 0 Å². The fraction of sp³-hybridized carbons (Fsp3) is 0. The minimum absolute atomic E-state index is 0. The first-order valence-corrected chi connectivity index (χ1v) is 0. The quantitative estimate of drug-likeness (QED) is 0.533. The van der Waals surface area contributed by atoms with Crippen molar-refractivity contribution in [1.82, 2.24) is 0 Å². The summed E-state index contributed by atoms with van der Waals surface area (Å²) in [6.07, 6.45) is 0. The van der Waals surface area contributed by atoms with Crippen LogP contribution in [0.2, 0.25) is 0 Å². The molecule has 0 aliphatic carbocycles. The molecule has 0 aliphatic rings. The van der Waals surface area contributed by atoms with E-state index in [2.05, 4.69) is 0 Å². The molecule has 0 atom stereocenters. The van der Waals surface area contributed by atoms with Gasteiger partial charge in [0.2, 0.25) is 0 Å². The molecule has 16 valence electrons. The van der Waals surface area contributed by atoms with Crippen molar-refractivity contribution in [2.45, 2.75) is 0 Å². The average molecular weight is 309 g/mol. The predicted octanol–water partition coefficient (Wildman–Crippen LogP) is -1.12. The first-order chi connectivity index (χ1) is 0. The molecule has 0 spiro atoms. The van der Waals surface area contributed by atoms with Gasteiger partial charge in [-0.05, 0) is 0 Å². The Morgan fingerprint density at radius 3 is 0.500 bits per heavy atom. The fourth-order valence-electron chi connectivity index (χ4n) is 0. The van der Waals surface area contributed by atoms with Crippen LogP contribution in [-0.2, 0) is 0 Å². The van der Waals surface area contributed by atoms with Crippen molar-refractivity contribution in [3.8, 4) is 0 Å². The van der Waals surface area contributed by atoms with Crippen molar-refractivity contribution in [2.75, 3.05) is 0 Å².